The van der Waals surface area contributed by atoms with Crippen molar-refractivity contribution in [3.8, 4) is 28.3 Å². The van der Waals surface area contributed by atoms with Crippen LogP contribution in [0, 0.1) is 0 Å². The zero-order chi connectivity index (χ0) is 43.4. The summed E-state index contributed by atoms with van der Waals surface area (Å²) in [5, 5.41) is 4.43. The Kier molecular flexibility index (Phi) is 14.2. The van der Waals surface area contributed by atoms with Crippen molar-refractivity contribution < 1.29 is 21.6 Å². The Morgan fingerprint density at radius 2 is 1.05 bits per heavy atom. The first-order chi connectivity index (χ1) is 29.1. The Morgan fingerprint density at radius 3 is 1.43 bits per heavy atom. The maximum absolute atomic E-state index is 13.2. The zero-order valence-electron chi connectivity index (χ0n) is 34.7. The minimum atomic E-state index is -3.54. The van der Waals surface area contributed by atoms with Crippen LogP contribution < -0.4 is 14.5 Å². The van der Waals surface area contributed by atoms with Crippen LogP contribution in [0.3, 0.4) is 0 Å². The van der Waals surface area contributed by atoms with E-state index in [0.29, 0.717) is 59.0 Å². The van der Waals surface area contributed by atoms with Crippen molar-refractivity contribution in [3.05, 3.63) is 113 Å². The van der Waals surface area contributed by atoms with E-state index in [1.54, 1.807) is 93.7 Å². The predicted octanol–water partition coefficient (Wildman–Crippen LogP) is 8.47. The van der Waals surface area contributed by atoms with Gasteiger partial charge in [-0.15, -0.1) is 45.9 Å². The Balaban J connectivity index is 0.000000184. The van der Waals surface area contributed by atoms with Crippen molar-refractivity contribution >= 4 is 76.2 Å². The molecule has 2 aliphatic carbocycles. The monoisotopic (exact) mass is 942 g/mol. The van der Waals surface area contributed by atoms with E-state index in [1.165, 1.54) is 5.56 Å². The van der Waals surface area contributed by atoms with E-state index in [-0.39, 0.29) is 0 Å². The minimum Gasteiger partial charge on any atom is -0.494 e. The maximum Gasteiger partial charge on any atom is 0.222 e. The van der Waals surface area contributed by atoms with E-state index in [0.717, 1.165) is 44.9 Å². The topological polar surface area (TPSA) is 116 Å². The molecule has 326 valence electrons. The van der Waals surface area contributed by atoms with E-state index in [2.05, 4.69) is 46.4 Å². The third-order valence-corrected chi connectivity index (χ3v) is 18.8. The number of alkyl halides is 2. The highest BCUT2D eigenvalue weighted by Gasteiger charge is 2.44. The molecule has 2 aliphatic heterocycles. The molecule has 2 saturated heterocycles. The van der Waals surface area contributed by atoms with Crippen molar-refractivity contribution in [1.29, 1.82) is 0 Å². The lowest BCUT2D eigenvalue weighted by molar-refractivity contribution is 0.340. The number of benzene rings is 2. The smallest absolute Gasteiger partial charge is 0.222 e. The lowest BCUT2D eigenvalue weighted by atomic mass is 10.0. The number of piperazine rings is 2. The first-order valence-corrected chi connectivity index (χ1v) is 26.0. The maximum atomic E-state index is 13.2. The molecular weight excluding hydrogens is 892 g/mol. The third-order valence-electron chi connectivity index (χ3n) is 11.2. The lowest BCUT2D eigenvalue weighted by Crippen LogP contribution is -2.54. The summed E-state index contributed by atoms with van der Waals surface area (Å²) in [6.07, 6.45) is 15.0. The number of sulfonamides is 2. The van der Waals surface area contributed by atoms with Crippen molar-refractivity contribution in [2.45, 2.75) is 54.4 Å². The van der Waals surface area contributed by atoms with Gasteiger partial charge in [-0.3, -0.25) is 0 Å². The number of nitrogens with zero attached hydrogens (tertiary/aromatic N) is 6. The van der Waals surface area contributed by atoms with Gasteiger partial charge < -0.3 is 14.5 Å². The second-order valence-electron chi connectivity index (χ2n) is 15.5. The molecule has 2 aromatic carbocycles. The molecular formula is C44H52Cl2N6O5S4. The summed E-state index contributed by atoms with van der Waals surface area (Å²) in [5.74, 6) is 0.843. The van der Waals surface area contributed by atoms with Crippen LogP contribution >= 0.6 is 45.9 Å². The summed E-state index contributed by atoms with van der Waals surface area (Å²) in [7, 11) is -7.06. The molecule has 4 unspecified atom stereocenters. The van der Waals surface area contributed by atoms with E-state index >= 15 is 0 Å². The number of allylic oxidation sites excluding steroid dienone is 6. The zero-order valence-corrected chi connectivity index (χ0v) is 39.5. The average molecular weight is 944 g/mol. The molecule has 17 heteroatoms. The molecule has 0 spiro atoms. The van der Waals surface area contributed by atoms with Crippen molar-refractivity contribution in [2.75, 3.05) is 68.8 Å². The van der Waals surface area contributed by atoms with Gasteiger partial charge in [0.15, 0.2) is 10.3 Å². The van der Waals surface area contributed by atoms with Crippen molar-refractivity contribution in [2.24, 2.45) is 0 Å². The molecule has 0 N–H and O–H groups in total. The fraction of sp³-hybridized carbons (Fsp3) is 0.409. The number of anilines is 2. The molecule has 61 heavy (non-hydrogen) atoms. The van der Waals surface area contributed by atoms with Gasteiger partial charge in [-0.2, -0.15) is 8.61 Å². The van der Waals surface area contributed by atoms with Gasteiger partial charge in [-0.1, -0.05) is 79.8 Å². The number of thiazole rings is 2. The lowest BCUT2D eigenvalue weighted by Gasteiger charge is -2.38. The Bertz CT molecular complexity index is 2470. The molecule has 11 nitrogen and oxygen atoms in total. The number of halogens is 2. The number of aryl methyl sites for hydroxylation is 1. The fourth-order valence-corrected chi connectivity index (χ4v) is 14.3. The number of hydrogen-bond donors (Lipinski definition) is 0. The van der Waals surface area contributed by atoms with Crippen LogP contribution in [0.2, 0.25) is 0 Å². The number of aromatic nitrogens is 2. The summed E-state index contributed by atoms with van der Waals surface area (Å²) in [6, 6.07) is 16.4. The van der Waals surface area contributed by atoms with Gasteiger partial charge in [0.05, 0.1) is 27.7 Å². The van der Waals surface area contributed by atoms with E-state index in [9.17, 15) is 16.8 Å². The van der Waals surface area contributed by atoms with E-state index in [1.807, 2.05) is 36.6 Å². The van der Waals surface area contributed by atoms with Crippen LogP contribution in [0.4, 0.5) is 10.3 Å². The van der Waals surface area contributed by atoms with Crippen LogP contribution in [-0.2, 0) is 26.5 Å². The molecule has 0 amide bonds. The molecule has 2 fully saturated rings. The molecule has 4 atom stereocenters. The highest BCUT2D eigenvalue weighted by Crippen LogP contribution is 2.36. The van der Waals surface area contributed by atoms with Crippen LogP contribution in [0.25, 0.3) is 22.5 Å². The summed E-state index contributed by atoms with van der Waals surface area (Å²) in [4.78, 5) is 12.0. The van der Waals surface area contributed by atoms with E-state index < -0.39 is 40.3 Å². The molecule has 4 heterocycles. The molecule has 0 bridgehead atoms. The van der Waals surface area contributed by atoms with Crippen LogP contribution in [0.1, 0.15) is 33.3 Å². The molecule has 0 saturated carbocycles. The SMILES string of the molecule is CCOc1ccc(-c2csc(N3CCN(S(=O)(=O)C4C=CC=CC4(C)Cl)CC3)n2)cc1.CCc1ccc(-c2csc(N3CCN(S(=O)(=O)C4C=CC=CC4(C)Cl)CC3)n2)cc1. The van der Waals surface area contributed by atoms with Crippen LogP contribution in [0.5, 0.6) is 5.75 Å². The number of ether oxygens (including phenoxy) is 1. The Hall–Kier alpha value is -3.54. The second kappa shape index (κ2) is 19.1. The highest BCUT2D eigenvalue weighted by atomic mass is 35.5. The average Bonchev–Trinajstić information content (AvgIpc) is 3.96. The summed E-state index contributed by atoms with van der Waals surface area (Å²) < 4.78 is 61.3. The number of hydrogen-bond acceptors (Lipinski definition) is 11. The van der Waals surface area contributed by atoms with Crippen LogP contribution in [0.15, 0.2) is 108 Å². The van der Waals surface area contributed by atoms with Gasteiger partial charge in [0, 0.05) is 74.2 Å². The summed E-state index contributed by atoms with van der Waals surface area (Å²) >= 11 is 16.1. The van der Waals surface area contributed by atoms with Gasteiger partial charge in [0.2, 0.25) is 20.0 Å². The number of rotatable bonds is 11. The molecule has 4 aromatic rings. The quantitative estimate of drug-likeness (QED) is 0.137. The Labute approximate surface area is 378 Å². The van der Waals surface area contributed by atoms with Crippen LogP contribution in [-0.4, -0.2) is 115 Å². The first kappa shape index (κ1) is 45.5. The highest BCUT2D eigenvalue weighted by molar-refractivity contribution is 7.90. The predicted molar refractivity (Wildman–Crippen MR) is 254 cm³/mol. The fourth-order valence-electron chi connectivity index (χ4n) is 7.64. The second-order valence-corrected chi connectivity index (χ2v) is 22.9. The van der Waals surface area contributed by atoms with Crippen molar-refractivity contribution in [1.82, 2.24) is 18.6 Å². The molecule has 2 aromatic heterocycles. The van der Waals surface area contributed by atoms with Gasteiger partial charge >= 0.3 is 0 Å². The standard InChI is InChI=1S/C22H26ClN3O3S2.C22H26ClN3O2S2/c1-3-29-18-9-7-17(8-10-18)19-16-30-21(24-19)25-12-14-26(15-13-25)31(27,28)20-6-4-5-11-22(20,2)23;1-3-17-7-9-18(10-8-17)19-16-29-21(24-19)25-12-14-26(15-13-25)30(27,28)20-6-4-5-11-22(20,2)23/h4-11,16,20H,3,12-15H2,1-2H3;4-11,16,20H,3,12-15H2,1-2H3. The molecule has 4 aliphatic rings. The first-order valence-electron chi connectivity index (χ1n) is 20.4. The van der Waals surface area contributed by atoms with Crippen molar-refractivity contribution in [3.63, 3.8) is 0 Å². The van der Waals surface area contributed by atoms with E-state index in [4.69, 9.17) is 37.9 Å². The molecule has 0 radical (unpaired) electrons. The minimum absolute atomic E-state index is 0.418. The van der Waals surface area contributed by atoms with Gasteiger partial charge in [-0.05, 0) is 57.0 Å². The normalized spacial score (nSPS) is 24.8. The summed E-state index contributed by atoms with van der Waals surface area (Å²) in [5.41, 5.74) is 5.32. The van der Waals surface area contributed by atoms with Gasteiger partial charge in [-0.25, -0.2) is 26.8 Å². The molecule has 8 rings (SSSR count). The Morgan fingerprint density at radius 1 is 0.639 bits per heavy atom. The third kappa shape index (κ3) is 10.3. The largest absolute Gasteiger partial charge is 0.494 e. The van der Waals surface area contributed by atoms with Gasteiger partial charge in [0.1, 0.15) is 16.2 Å². The van der Waals surface area contributed by atoms with Gasteiger partial charge in [0.25, 0.3) is 0 Å². The summed E-state index contributed by atoms with van der Waals surface area (Å²) in [6.45, 7) is 12.4.